The number of nitrogens with zero attached hydrogens (tertiary/aromatic N) is 5. The number of alkyl halides is 3. The Morgan fingerprint density at radius 2 is 1.73 bits per heavy atom. The highest BCUT2D eigenvalue weighted by Crippen LogP contribution is 2.33. The number of hydrogen-bond donors (Lipinski definition) is 2. The van der Waals surface area contributed by atoms with Gasteiger partial charge in [-0.2, -0.15) is 18.2 Å². The fourth-order valence-corrected chi connectivity index (χ4v) is 5.75. The minimum absolute atomic E-state index is 0.118. The second-order valence-corrected chi connectivity index (χ2v) is 10.8. The number of anilines is 1. The molecule has 2 fully saturated rings. The van der Waals surface area contributed by atoms with Crippen LogP contribution in [0.2, 0.25) is 0 Å². The number of benzene rings is 2. The Balaban J connectivity index is 0.000000515. The van der Waals surface area contributed by atoms with Crippen LogP contribution in [0, 0.1) is 11.7 Å². The lowest BCUT2D eigenvalue weighted by atomic mass is 10.1. The molecule has 2 aliphatic heterocycles. The maximum absolute atomic E-state index is 13.8. The van der Waals surface area contributed by atoms with Gasteiger partial charge in [0.25, 0.3) is 5.56 Å². The largest absolute Gasteiger partial charge is 0.492 e. The van der Waals surface area contributed by atoms with Crippen LogP contribution in [0.15, 0.2) is 64.2 Å². The first kappa shape index (κ1) is 31.8. The van der Waals surface area contributed by atoms with Crippen LogP contribution in [-0.4, -0.2) is 68.2 Å². The Morgan fingerprint density at radius 3 is 2.40 bits per heavy atom. The molecule has 2 aromatic heterocycles. The highest BCUT2D eigenvalue weighted by molar-refractivity contribution is 5.75. The van der Waals surface area contributed by atoms with Crippen molar-refractivity contribution in [1.29, 1.82) is 0 Å². The molecule has 45 heavy (non-hydrogen) atoms. The molecular weight excluding hydrogens is 600 g/mol. The Morgan fingerprint density at radius 1 is 1.04 bits per heavy atom. The number of carboxylic acids is 1. The van der Waals surface area contributed by atoms with Gasteiger partial charge in [-0.25, -0.2) is 14.0 Å². The van der Waals surface area contributed by atoms with Crippen LogP contribution in [0.1, 0.15) is 12.0 Å². The Labute approximate surface area is 254 Å². The Hall–Kier alpha value is -4.66. The van der Waals surface area contributed by atoms with E-state index in [4.69, 9.17) is 19.6 Å². The summed E-state index contributed by atoms with van der Waals surface area (Å²) in [4.78, 5) is 43.1. The number of fused-ring (bicyclic) bond motifs is 2. The van der Waals surface area contributed by atoms with Crippen LogP contribution in [0.25, 0.3) is 11.2 Å². The monoisotopic (exact) mass is 632 g/mol. The number of aryl methyl sites for hydroxylation is 3. The molecular formula is C30H32F4N6O5. The van der Waals surface area contributed by atoms with Gasteiger partial charge in [0.1, 0.15) is 18.2 Å². The average Bonchev–Trinajstić information content (AvgIpc) is 3.73. The summed E-state index contributed by atoms with van der Waals surface area (Å²) in [6.07, 6.45) is -3.43. The zero-order chi connectivity index (χ0) is 32.3. The van der Waals surface area contributed by atoms with Crippen LogP contribution in [-0.2, 0) is 31.4 Å². The molecule has 6 rings (SSSR count). The molecule has 0 spiro atoms. The van der Waals surface area contributed by atoms with Crippen molar-refractivity contribution in [3.8, 4) is 5.75 Å². The zero-order valence-electron chi connectivity index (χ0n) is 24.3. The van der Waals surface area contributed by atoms with Gasteiger partial charge in [-0.3, -0.25) is 13.9 Å². The van der Waals surface area contributed by atoms with Gasteiger partial charge >= 0.3 is 17.8 Å². The maximum Gasteiger partial charge on any atom is 0.490 e. The molecule has 2 aliphatic rings. The second-order valence-electron chi connectivity index (χ2n) is 10.8. The lowest BCUT2D eigenvalue weighted by molar-refractivity contribution is -0.192. The molecule has 4 heterocycles. The summed E-state index contributed by atoms with van der Waals surface area (Å²) in [6.45, 7) is 3.47. The fraction of sp³-hybridized carbons (Fsp3) is 0.400. The molecule has 2 saturated heterocycles. The standard InChI is InChI=1S/C28H31FN6O3.C2HF3O2/c1-32-25-24(26(36)35(28(32)37)15-16-38-22-5-3-2-4-6-22)34(13-11-19-7-9-21(29)10-8-19)27(31-25)33-14-12-20-17-30-18-23(20)33;3-2(4,5)1(6)7/h2-10,20,23,30H,11-18H2,1H3;(H,6,7). The second kappa shape index (κ2) is 13.1. The van der Waals surface area contributed by atoms with Crippen molar-refractivity contribution in [1.82, 2.24) is 24.0 Å². The summed E-state index contributed by atoms with van der Waals surface area (Å²) in [5.41, 5.74) is 0.943. The Kier molecular flexibility index (Phi) is 9.27. The molecule has 0 radical (unpaired) electrons. The molecule has 2 unspecified atom stereocenters. The number of ether oxygens (including phenoxy) is 1. The summed E-state index contributed by atoms with van der Waals surface area (Å²) in [6, 6.07) is 16.0. The molecule has 15 heteroatoms. The van der Waals surface area contributed by atoms with E-state index in [0.717, 1.165) is 31.6 Å². The van der Waals surface area contributed by atoms with Crippen molar-refractivity contribution in [2.75, 3.05) is 31.1 Å². The first-order valence-electron chi connectivity index (χ1n) is 14.4. The zero-order valence-corrected chi connectivity index (χ0v) is 24.3. The van der Waals surface area contributed by atoms with Gasteiger partial charge in [0, 0.05) is 39.3 Å². The lowest BCUT2D eigenvalue weighted by Gasteiger charge is -2.25. The molecule has 0 aliphatic carbocycles. The summed E-state index contributed by atoms with van der Waals surface area (Å²) in [5, 5.41) is 10.6. The van der Waals surface area contributed by atoms with Crippen molar-refractivity contribution < 1.29 is 32.2 Å². The van der Waals surface area contributed by atoms with Crippen molar-refractivity contribution in [2.45, 2.75) is 38.1 Å². The van der Waals surface area contributed by atoms with E-state index in [9.17, 15) is 27.2 Å². The third-order valence-electron chi connectivity index (χ3n) is 8.02. The number of aliphatic carboxylic acids is 1. The molecule has 0 saturated carbocycles. The van der Waals surface area contributed by atoms with Gasteiger partial charge in [0.2, 0.25) is 5.95 Å². The predicted octanol–water partition coefficient (Wildman–Crippen LogP) is 2.79. The van der Waals surface area contributed by atoms with Crippen LogP contribution in [0.5, 0.6) is 5.75 Å². The highest BCUT2D eigenvalue weighted by Gasteiger charge is 2.40. The van der Waals surface area contributed by atoms with Crippen LogP contribution in [0.4, 0.5) is 23.5 Å². The van der Waals surface area contributed by atoms with E-state index in [1.165, 1.54) is 21.3 Å². The predicted molar refractivity (Wildman–Crippen MR) is 157 cm³/mol. The smallest absolute Gasteiger partial charge is 0.490 e. The normalized spacial score (nSPS) is 17.7. The van der Waals surface area contributed by atoms with Gasteiger partial charge < -0.3 is 24.6 Å². The number of para-hydroxylation sites is 1. The minimum atomic E-state index is -5.08. The average molecular weight is 633 g/mol. The van der Waals surface area contributed by atoms with Crippen molar-refractivity contribution in [3.05, 3.63) is 86.8 Å². The number of nitrogens with one attached hydrogen (secondary N) is 1. The van der Waals surface area contributed by atoms with Crippen molar-refractivity contribution >= 4 is 23.1 Å². The fourth-order valence-electron chi connectivity index (χ4n) is 5.75. The molecule has 240 valence electrons. The molecule has 0 amide bonds. The van der Waals surface area contributed by atoms with E-state index < -0.39 is 17.8 Å². The van der Waals surface area contributed by atoms with Crippen LogP contribution < -0.4 is 26.2 Å². The number of aromatic nitrogens is 4. The van der Waals surface area contributed by atoms with Gasteiger partial charge in [0.15, 0.2) is 11.2 Å². The van der Waals surface area contributed by atoms with E-state index >= 15 is 0 Å². The van der Waals surface area contributed by atoms with Gasteiger partial charge in [-0.15, -0.1) is 0 Å². The quantitative estimate of drug-likeness (QED) is 0.285. The molecule has 4 aromatic rings. The number of imidazole rings is 1. The molecule has 11 nitrogen and oxygen atoms in total. The number of carboxylic acid groups (broad SMARTS) is 1. The molecule has 2 N–H and O–H groups in total. The maximum atomic E-state index is 13.8. The molecule has 2 aromatic carbocycles. The van der Waals surface area contributed by atoms with Crippen molar-refractivity contribution in [2.24, 2.45) is 13.0 Å². The van der Waals surface area contributed by atoms with E-state index in [1.807, 2.05) is 34.9 Å². The summed E-state index contributed by atoms with van der Waals surface area (Å²) in [5.74, 6) is -1.11. The molecule has 0 bridgehead atoms. The van der Waals surface area contributed by atoms with Crippen molar-refractivity contribution in [3.63, 3.8) is 0 Å². The minimum Gasteiger partial charge on any atom is -0.492 e. The third kappa shape index (κ3) is 6.87. The number of carbonyl (C=O) groups is 1. The third-order valence-corrected chi connectivity index (χ3v) is 8.02. The van der Waals surface area contributed by atoms with Crippen LogP contribution >= 0.6 is 0 Å². The number of hydrogen-bond acceptors (Lipinski definition) is 7. The van der Waals surface area contributed by atoms with E-state index in [0.29, 0.717) is 47.8 Å². The van der Waals surface area contributed by atoms with Gasteiger partial charge in [0.05, 0.1) is 6.54 Å². The van der Waals surface area contributed by atoms with Gasteiger partial charge in [-0.05, 0) is 48.6 Å². The van der Waals surface area contributed by atoms with E-state index in [2.05, 4.69) is 10.2 Å². The first-order chi connectivity index (χ1) is 21.5. The molecule has 2 atom stereocenters. The summed E-state index contributed by atoms with van der Waals surface area (Å²) < 4.78 is 55.6. The Bertz CT molecular complexity index is 1770. The summed E-state index contributed by atoms with van der Waals surface area (Å²) >= 11 is 0. The first-order valence-corrected chi connectivity index (χ1v) is 14.4. The van der Waals surface area contributed by atoms with E-state index in [1.54, 1.807) is 19.2 Å². The van der Waals surface area contributed by atoms with E-state index in [-0.39, 0.29) is 24.5 Å². The summed E-state index contributed by atoms with van der Waals surface area (Å²) in [7, 11) is 1.66. The number of rotatable bonds is 8. The number of halogens is 4. The SMILES string of the molecule is Cn1c(=O)n(CCOc2ccccc2)c(=O)c2c1nc(N1CCC3CNCC31)n2CCc1ccc(F)cc1.O=C(O)C(F)(F)F. The van der Waals surface area contributed by atoms with Crippen LogP contribution in [0.3, 0.4) is 0 Å². The lowest BCUT2D eigenvalue weighted by Crippen LogP contribution is -2.41. The van der Waals surface area contributed by atoms with Gasteiger partial charge in [-0.1, -0.05) is 30.3 Å². The highest BCUT2D eigenvalue weighted by atomic mass is 19.4. The topological polar surface area (TPSA) is 124 Å².